The standard InChI is InChI=1S/C9H8F3N/c1-4-7(8(10)6(2)3)9(11,12)5-13/h4H,1-2H2,3H3/b8-7-. The molecule has 0 aliphatic heterocycles. The van der Waals surface area contributed by atoms with Gasteiger partial charge in [0.25, 0.3) is 0 Å². The maximum absolute atomic E-state index is 13.0. The van der Waals surface area contributed by atoms with Crippen molar-refractivity contribution in [3.8, 4) is 6.07 Å². The molecule has 0 aromatic heterocycles. The van der Waals surface area contributed by atoms with E-state index in [-0.39, 0.29) is 5.57 Å². The lowest BCUT2D eigenvalue weighted by Crippen LogP contribution is -2.16. The number of rotatable bonds is 3. The smallest absolute Gasteiger partial charge is 0.206 e. The Morgan fingerprint density at radius 2 is 2.00 bits per heavy atom. The minimum Gasteiger partial charge on any atom is -0.206 e. The van der Waals surface area contributed by atoms with E-state index in [2.05, 4.69) is 13.2 Å². The van der Waals surface area contributed by atoms with E-state index in [0.717, 1.165) is 0 Å². The van der Waals surface area contributed by atoms with Crippen molar-refractivity contribution in [3.05, 3.63) is 36.2 Å². The van der Waals surface area contributed by atoms with Crippen molar-refractivity contribution in [2.24, 2.45) is 0 Å². The van der Waals surface area contributed by atoms with Crippen molar-refractivity contribution < 1.29 is 13.2 Å². The lowest BCUT2D eigenvalue weighted by atomic mass is 10.1. The highest BCUT2D eigenvalue weighted by atomic mass is 19.3. The van der Waals surface area contributed by atoms with Crippen LogP contribution in [0.5, 0.6) is 0 Å². The van der Waals surface area contributed by atoms with E-state index in [0.29, 0.717) is 12.1 Å². The van der Waals surface area contributed by atoms with Gasteiger partial charge in [-0.15, -0.1) is 0 Å². The first-order chi connectivity index (χ1) is 5.86. The molecule has 13 heavy (non-hydrogen) atoms. The van der Waals surface area contributed by atoms with Crippen molar-refractivity contribution in [1.29, 1.82) is 5.26 Å². The summed E-state index contributed by atoms with van der Waals surface area (Å²) in [5.41, 5.74) is -1.20. The molecule has 0 spiro atoms. The van der Waals surface area contributed by atoms with Gasteiger partial charge in [-0.3, -0.25) is 0 Å². The van der Waals surface area contributed by atoms with Crippen LogP contribution in [0.1, 0.15) is 6.92 Å². The molecule has 0 aromatic rings. The summed E-state index contributed by atoms with van der Waals surface area (Å²) in [4.78, 5) is 0. The van der Waals surface area contributed by atoms with E-state index in [9.17, 15) is 13.2 Å². The van der Waals surface area contributed by atoms with Gasteiger partial charge in [0.05, 0.1) is 5.57 Å². The Bertz CT molecular complexity index is 307. The summed E-state index contributed by atoms with van der Waals surface area (Å²) in [5, 5.41) is 8.05. The van der Waals surface area contributed by atoms with Crippen LogP contribution in [-0.2, 0) is 0 Å². The molecule has 0 aromatic carbocycles. The van der Waals surface area contributed by atoms with Gasteiger partial charge >= 0.3 is 5.92 Å². The Morgan fingerprint density at radius 3 is 2.23 bits per heavy atom. The van der Waals surface area contributed by atoms with Crippen molar-refractivity contribution >= 4 is 0 Å². The fourth-order valence-corrected chi connectivity index (χ4v) is 0.646. The molecule has 0 aliphatic rings. The van der Waals surface area contributed by atoms with Gasteiger partial charge in [-0.05, 0) is 12.5 Å². The van der Waals surface area contributed by atoms with Gasteiger partial charge in [0.2, 0.25) is 0 Å². The summed E-state index contributed by atoms with van der Waals surface area (Å²) < 4.78 is 38.3. The molecule has 0 rings (SSSR count). The first kappa shape index (κ1) is 11.5. The van der Waals surface area contributed by atoms with Gasteiger partial charge in [0, 0.05) is 0 Å². The van der Waals surface area contributed by atoms with Crippen LogP contribution in [0.3, 0.4) is 0 Å². The monoisotopic (exact) mass is 187 g/mol. The minimum absolute atomic E-state index is 0.162. The third-order valence-electron chi connectivity index (χ3n) is 1.29. The highest BCUT2D eigenvalue weighted by Gasteiger charge is 2.35. The summed E-state index contributed by atoms with van der Waals surface area (Å²) in [6, 6.07) is 0.685. The molecule has 0 N–H and O–H groups in total. The van der Waals surface area contributed by atoms with Crippen LogP contribution in [-0.4, -0.2) is 5.92 Å². The maximum atomic E-state index is 13.0. The predicted molar refractivity (Wildman–Crippen MR) is 43.7 cm³/mol. The average molecular weight is 187 g/mol. The van der Waals surface area contributed by atoms with Crippen molar-refractivity contribution in [2.45, 2.75) is 12.8 Å². The Balaban J connectivity index is 5.39. The molecular formula is C9H8F3N. The molecule has 0 heterocycles. The quantitative estimate of drug-likeness (QED) is 0.622. The second-order valence-electron chi connectivity index (χ2n) is 2.40. The number of nitriles is 1. The van der Waals surface area contributed by atoms with E-state index < -0.39 is 17.3 Å². The number of allylic oxidation sites excluding steroid dienone is 4. The number of alkyl halides is 2. The number of halogens is 3. The van der Waals surface area contributed by atoms with Crippen LogP contribution in [0.4, 0.5) is 13.2 Å². The van der Waals surface area contributed by atoms with Gasteiger partial charge in [0.15, 0.2) is 0 Å². The molecule has 4 heteroatoms. The third-order valence-corrected chi connectivity index (χ3v) is 1.29. The molecule has 1 nitrogen and oxygen atoms in total. The molecule has 0 saturated carbocycles. The van der Waals surface area contributed by atoms with E-state index >= 15 is 0 Å². The molecule has 0 aliphatic carbocycles. The largest absolute Gasteiger partial charge is 0.360 e. The molecule has 0 fully saturated rings. The van der Waals surface area contributed by atoms with Crippen molar-refractivity contribution in [3.63, 3.8) is 0 Å². The zero-order valence-electron chi connectivity index (χ0n) is 7.07. The van der Waals surface area contributed by atoms with Crippen molar-refractivity contribution in [2.75, 3.05) is 0 Å². The third kappa shape index (κ3) is 2.48. The lowest BCUT2D eigenvalue weighted by molar-refractivity contribution is 0.107. The van der Waals surface area contributed by atoms with Gasteiger partial charge in [-0.2, -0.15) is 14.0 Å². The topological polar surface area (TPSA) is 23.8 Å². The summed E-state index contributed by atoms with van der Waals surface area (Å²) in [5.74, 6) is -5.05. The first-order valence-electron chi connectivity index (χ1n) is 3.34. The fourth-order valence-electron chi connectivity index (χ4n) is 0.646. The lowest BCUT2D eigenvalue weighted by Gasteiger charge is -2.09. The zero-order valence-corrected chi connectivity index (χ0v) is 7.07. The van der Waals surface area contributed by atoms with Gasteiger partial charge in [-0.1, -0.05) is 19.2 Å². The summed E-state index contributed by atoms with van der Waals surface area (Å²) in [7, 11) is 0. The van der Waals surface area contributed by atoms with E-state index in [1.54, 1.807) is 0 Å². The maximum Gasteiger partial charge on any atom is 0.360 e. The van der Waals surface area contributed by atoms with Gasteiger partial charge in [-0.25, -0.2) is 4.39 Å². The molecule has 0 bridgehead atoms. The predicted octanol–water partition coefficient (Wildman–Crippen LogP) is 3.13. The Kier molecular flexibility index (Phi) is 3.49. The summed E-state index contributed by atoms with van der Waals surface area (Å²) in [6.07, 6.45) is 0.618. The Hall–Kier alpha value is -1.50. The Morgan fingerprint density at radius 1 is 1.54 bits per heavy atom. The van der Waals surface area contributed by atoms with Gasteiger partial charge < -0.3 is 0 Å². The summed E-state index contributed by atoms with van der Waals surface area (Å²) in [6.45, 7) is 7.39. The van der Waals surface area contributed by atoms with Crippen LogP contribution in [0.25, 0.3) is 0 Å². The molecule has 0 radical (unpaired) electrons. The normalized spacial score (nSPS) is 12.8. The number of hydrogen-bond acceptors (Lipinski definition) is 1. The molecule has 0 saturated heterocycles. The van der Waals surface area contributed by atoms with Crippen LogP contribution in [0.2, 0.25) is 0 Å². The average Bonchev–Trinajstić information content (AvgIpc) is 2.05. The number of nitrogens with zero attached hydrogens (tertiary/aromatic N) is 1. The Labute approximate surface area is 74.5 Å². The van der Waals surface area contributed by atoms with Crippen LogP contribution < -0.4 is 0 Å². The van der Waals surface area contributed by atoms with Crippen LogP contribution in [0.15, 0.2) is 36.2 Å². The minimum atomic E-state index is -3.86. The van der Waals surface area contributed by atoms with Crippen LogP contribution in [0, 0.1) is 11.3 Å². The van der Waals surface area contributed by atoms with E-state index in [1.807, 2.05) is 0 Å². The zero-order chi connectivity index (χ0) is 10.6. The first-order valence-corrected chi connectivity index (χ1v) is 3.34. The molecular weight excluding hydrogens is 179 g/mol. The summed E-state index contributed by atoms with van der Waals surface area (Å²) >= 11 is 0. The second-order valence-corrected chi connectivity index (χ2v) is 2.40. The highest BCUT2D eigenvalue weighted by molar-refractivity contribution is 5.40. The molecule has 70 valence electrons. The van der Waals surface area contributed by atoms with E-state index in [1.165, 1.54) is 6.92 Å². The fraction of sp³-hybridized carbons (Fsp3) is 0.222. The van der Waals surface area contributed by atoms with E-state index in [4.69, 9.17) is 5.26 Å². The second kappa shape index (κ2) is 3.94. The van der Waals surface area contributed by atoms with Gasteiger partial charge in [0.1, 0.15) is 11.9 Å². The highest BCUT2D eigenvalue weighted by Crippen LogP contribution is 2.29. The van der Waals surface area contributed by atoms with Crippen LogP contribution >= 0.6 is 0 Å². The molecule has 0 amide bonds. The van der Waals surface area contributed by atoms with Crippen molar-refractivity contribution in [1.82, 2.24) is 0 Å². The number of hydrogen-bond donors (Lipinski definition) is 0. The SMILES string of the molecule is C=C/C(=C(/F)C(=C)C)C(F)(F)C#N. The molecule has 0 atom stereocenters. The molecule has 0 unspecified atom stereocenters.